The average Bonchev–Trinajstić information content (AvgIpc) is 4.02. The number of amides is 6. The van der Waals surface area contributed by atoms with Crippen LogP contribution >= 0.6 is 0 Å². The first kappa shape index (κ1) is 38.1. The first-order valence-corrected chi connectivity index (χ1v) is 18.9. The number of aromatic amines is 2. The van der Waals surface area contributed by atoms with Crippen LogP contribution in [-0.2, 0) is 9.59 Å². The highest BCUT2D eigenvalue weighted by atomic mass is 16.2. The molecule has 2 aliphatic heterocycles. The Morgan fingerprint density at radius 1 is 0.611 bits per heavy atom. The second kappa shape index (κ2) is 16.6. The molecule has 0 radical (unpaired) electrons. The van der Waals surface area contributed by atoms with Crippen LogP contribution in [0, 0.1) is 11.8 Å². The molecule has 2 fully saturated rings. The maximum absolute atomic E-state index is 13.5. The van der Waals surface area contributed by atoms with E-state index in [4.69, 9.17) is 9.97 Å². The Hall–Kier alpha value is -5.66. The van der Waals surface area contributed by atoms with Crippen molar-refractivity contribution >= 4 is 23.9 Å². The number of hydrogen-bond acceptors (Lipinski definition) is 6. The van der Waals surface area contributed by atoms with E-state index in [2.05, 4.69) is 55.5 Å². The maximum atomic E-state index is 13.5. The van der Waals surface area contributed by atoms with Crippen LogP contribution in [0.2, 0.25) is 0 Å². The molecule has 4 atom stereocenters. The summed E-state index contributed by atoms with van der Waals surface area (Å²) >= 11 is 0. The number of aromatic nitrogens is 4. The lowest BCUT2D eigenvalue weighted by Crippen LogP contribution is -2.53. The maximum Gasteiger partial charge on any atom is 0.315 e. The van der Waals surface area contributed by atoms with Gasteiger partial charge in [-0.25, -0.2) is 19.6 Å². The van der Waals surface area contributed by atoms with Crippen molar-refractivity contribution in [1.29, 1.82) is 0 Å². The first-order valence-electron chi connectivity index (χ1n) is 18.9. The lowest BCUT2D eigenvalue weighted by atomic mass is 10.0. The van der Waals surface area contributed by atoms with Crippen LogP contribution in [0.5, 0.6) is 0 Å². The van der Waals surface area contributed by atoms with E-state index in [1.807, 2.05) is 74.2 Å². The van der Waals surface area contributed by atoms with Gasteiger partial charge < -0.3 is 41.0 Å². The zero-order valence-corrected chi connectivity index (χ0v) is 31.9. The van der Waals surface area contributed by atoms with Crippen LogP contribution in [0.1, 0.15) is 77.1 Å². The van der Waals surface area contributed by atoms with Crippen molar-refractivity contribution in [3.8, 4) is 33.6 Å². The third-order valence-electron chi connectivity index (χ3n) is 10.5. The molecule has 6 amide bonds. The molecule has 0 saturated carbocycles. The van der Waals surface area contributed by atoms with Crippen LogP contribution in [0.25, 0.3) is 33.6 Å². The van der Waals surface area contributed by atoms with Gasteiger partial charge in [0, 0.05) is 50.7 Å². The minimum absolute atomic E-state index is 0.0628. The Kier molecular flexibility index (Phi) is 11.7. The molecular formula is C40H52N10O4. The second-order valence-corrected chi connectivity index (χ2v) is 14.8. The molecule has 0 unspecified atom stereocenters. The van der Waals surface area contributed by atoms with Gasteiger partial charge in [-0.2, -0.15) is 0 Å². The molecule has 2 aliphatic rings. The third kappa shape index (κ3) is 8.12. The fourth-order valence-corrected chi connectivity index (χ4v) is 7.42. The monoisotopic (exact) mass is 736 g/mol. The predicted octanol–water partition coefficient (Wildman–Crippen LogP) is 5.37. The number of nitrogens with one attached hydrogen (secondary N) is 6. The van der Waals surface area contributed by atoms with Crippen LogP contribution in [0.15, 0.2) is 60.9 Å². The normalized spacial score (nSPS) is 18.1. The molecule has 2 saturated heterocycles. The van der Waals surface area contributed by atoms with Crippen molar-refractivity contribution in [2.75, 3.05) is 27.2 Å². The number of carbonyl (C=O) groups is 4. The van der Waals surface area contributed by atoms with Gasteiger partial charge in [-0.3, -0.25) is 9.59 Å². The van der Waals surface area contributed by atoms with Gasteiger partial charge in [0.15, 0.2) is 0 Å². The number of benzene rings is 2. The number of imidazole rings is 2. The predicted molar refractivity (Wildman–Crippen MR) is 207 cm³/mol. The van der Waals surface area contributed by atoms with Crippen LogP contribution in [0.3, 0.4) is 0 Å². The number of rotatable bonds is 11. The minimum atomic E-state index is -0.623. The van der Waals surface area contributed by atoms with E-state index >= 15 is 0 Å². The summed E-state index contributed by atoms with van der Waals surface area (Å²) in [4.78, 5) is 71.3. The van der Waals surface area contributed by atoms with Crippen molar-refractivity contribution in [3.63, 3.8) is 0 Å². The van der Waals surface area contributed by atoms with Crippen molar-refractivity contribution in [1.82, 2.24) is 51.0 Å². The van der Waals surface area contributed by atoms with Crippen molar-refractivity contribution in [2.24, 2.45) is 11.8 Å². The van der Waals surface area contributed by atoms with E-state index in [9.17, 15) is 19.2 Å². The SMILES string of the molecule is CNC(=O)N[C@H](C(=O)N1CCC[C@H]1c1nc(-c2ccc(-c3ccc(-c4c[nH]c([C@@H]5CCCN5C(=O)[C@@H](NC(=O)NC)C(C)C)n4)cc3)cc2)c[nH]1)C(C)C. The zero-order valence-electron chi connectivity index (χ0n) is 31.9. The molecule has 6 N–H and O–H groups in total. The van der Waals surface area contributed by atoms with Gasteiger partial charge in [0.2, 0.25) is 11.8 Å². The Labute approximate surface area is 316 Å². The molecule has 14 nitrogen and oxygen atoms in total. The summed E-state index contributed by atoms with van der Waals surface area (Å²) in [5.41, 5.74) is 5.64. The summed E-state index contributed by atoms with van der Waals surface area (Å²) in [5, 5.41) is 10.7. The van der Waals surface area contributed by atoms with Crippen LogP contribution in [0.4, 0.5) is 9.59 Å². The summed E-state index contributed by atoms with van der Waals surface area (Å²) < 4.78 is 0. The lowest BCUT2D eigenvalue weighted by Gasteiger charge is -2.30. The van der Waals surface area contributed by atoms with Gasteiger partial charge in [-0.1, -0.05) is 76.2 Å². The van der Waals surface area contributed by atoms with Gasteiger partial charge in [-0.05, 0) is 48.6 Å². The highest BCUT2D eigenvalue weighted by molar-refractivity contribution is 5.88. The summed E-state index contributed by atoms with van der Waals surface area (Å²) in [6.45, 7) is 8.94. The molecule has 0 bridgehead atoms. The van der Waals surface area contributed by atoms with Crippen LogP contribution in [-0.4, -0.2) is 92.9 Å². The van der Waals surface area contributed by atoms with E-state index in [1.165, 1.54) is 14.1 Å². The van der Waals surface area contributed by atoms with E-state index < -0.39 is 12.1 Å². The van der Waals surface area contributed by atoms with Crippen LogP contribution < -0.4 is 21.3 Å². The zero-order chi connectivity index (χ0) is 38.5. The molecule has 2 aromatic heterocycles. The Bertz CT molecular complexity index is 1790. The highest BCUT2D eigenvalue weighted by Crippen LogP contribution is 2.35. The molecule has 0 aliphatic carbocycles. The molecule has 4 heterocycles. The van der Waals surface area contributed by atoms with E-state index in [0.717, 1.165) is 71.0 Å². The molecule has 0 spiro atoms. The largest absolute Gasteiger partial charge is 0.346 e. The summed E-state index contributed by atoms with van der Waals surface area (Å²) in [5.74, 6) is 1.16. The van der Waals surface area contributed by atoms with Crippen molar-refractivity contribution in [2.45, 2.75) is 77.5 Å². The number of carbonyl (C=O) groups excluding carboxylic acids is 4. The second-order valence-electron chi connectivity index (χ2n) is 14.8. The Morgan fingerprint density at radius 2 is 0.963 bits per heavy atom. The minimum Gasteiger partial charge on any atom is -0.346 e. The molecule has 286 valence electrons. The van der Waals surface area contributed by atoms with Gasteiger partial charge in [0.1, 0.15) is 23.7 Å². The Morgan fingerprint density at radius 3 is 1.30 bits per heavy atom. The van der Waals surface area contributed by atoms with Gasteiger partial charge >= 0.3 is 12.1 Å². The molecule has 6 rings (SSSR count). The van der Waals surface area contributed by atoms with Gasteiger partial charge in [-0.15, -0.1) is 0 Å². The number of hydrogen-bond donors (Lipinski definition) is 6. The quantitative estimate of drug-likeness (QED) is 0.121. The Balaban J connectivity index is 1.11. The fraction of sp³-hybridized carbons (Fsp3) is 0.450. The summed E-state index contributed by atoms with van der Waals surface area (Å²) in [6.07, 6.45) is 7.09. The number of urea groups is 2. The summed E-state index contributed by atoms with van der Waals surface area (Å²) in [7, 11) is 3.08. The third-order valence-corrected chi connectivity index (χ3v) is 10.5. The smallest absolute Gasteiger partial charge is 0.315 e. The topological polar surface area (TPSA) is 180 Å². The standard InChI is InChI=1S/C40H52N10O4/c1-23(2)33(47-39(53)41-5)37(51)49-19-7-9-31(49)35-43-21-29(45-35)27-15-11-25(12-16-27)26-13-17-28(18-14-26)30-22-44-36(46-30)32-10-8-20-50(32)38(52)34(24(3)4)48-40(54)42-6/h11-18,21-24,31-34H,7-10,19-20H2,1-6H3,(H,43,45)(H,44,46)(H2,41,47,53)(H2,42,48,54)/t31-,32-,33-,34-/m0/s1. The van der Waals surface area contributed by atoms with Crippen molar-refractivity contribution in [3.05, 3.63) is 72.6 Å². The van der Waals surface area contributed by atoms with E-state index in [1.54, 1.807) is 0 Å². The molecule has 14 heteroatoms. The molecule has 2 aromatic carbocycles. The number of nitrogens with zero attached hydrogens (tertiary/aromatic N) is 4. The first-order chi connectivity index (χ1) is 26.0. The molecular weight excluding hydrogens is 685 g/mol. The number of likely N-dealkylation sites (tertiary alicyclic amines) is 2. The van der Waals surface area contributed by atoms with Gasteiger partial charge in [0.25, 0.3) is 0 Å². The van der Waals surface area contributed by atoms with E-state index in [0.29, 0.717) is 13.1 Å². The average molecular weight is 737 g/mol. The lowest BCUT2D eigenvalue weighted by molar-refractivity contribution is -0.136. The number of H-pyrrole nitrogens is 2. The molecule has 4 aromatic rings. The fourth-order valence-electron chi connectivity index (χ4n) is 7.42. The molecule has 54 heavy (non-hydrogen) atoms. The van der Waals surface area contributed by atoms with Crippen molar-refractivity contribution < 1.29 is 19.2 Å². The highest BCUT2D eigenvalue weighted by Gasteiger charge is 2.38. The summed E-state index contributed by atoms with van der Waals surface area (Å²) in [6, 6.07) is 14.1. The van der Waals surface area contributed by atoms with Gasteiger partial charge in [0.05, 0.1) is 23.5 Å². The van der Waals surface area contributed by atoms with E-state index in [-0.39, 0.29) is 47.8 Å².